The summed E-state index contributed by atoms with van der Waals surface area (Å²) in [7, 11) is 0. The highest BCUT2D eigenvalue weighted by atomic mass is 19.1. The van der Waals surface area contributed by atoms with Crippen molar-refractivity contribution in [1.29, 1.82) is 0 Å². The maximum atomic E-state index is 13.5. The first kappa shape index (κ1) is 11.9. The first-order valence-electron chi connectivity index (χ1n) is 4.71. The van der Waals surface area contributed by atoms with E-state index in [1.165, 1.54) is 12.3 Å². The summed E-state index contributed by atoms with van der Waals surface area (Å²) >= 11 is 0. The Morgan fingerprint density at radius 3 is 2.67 bits per heavy atom. The number of nitrogens with zero attached hydrogens (tertiary/aromatic N) is 3. The van der Waals surface area contributed by atoms with E-state index in [9.17, 15) is 13.6 Å². The molecule has 0 radical (unpaired) electrons. The summed E-state index contributed by atoms with van der Waals surface area (Å²) in [5.41, 5.74) is 6.91. The molecule has 7 nitrogen and oxygen atoms in total. The van der Waals surface area contributed by atoms with E-state index in [0.717, 1.165) is 4.68 Å². The van der Waals surface area contributed by atoms with Crippen molar-refractivity contribution in [2.45, 2.75) is 0 Å². The lowest BCUT2D eigenvalue weighted by atomic mass is 10.4. The van der Waals surface area contributed by atoms with Gasteiger partial charge in [-0.05, 0) is 6.07 Å². The van der Waals surface area contributed by atoms with Crippen LogP contribution >= 0.6 is 0 Å². The van der Waals surface area contributed by atoms with Gasteiger partial charge in [-0.3, -0.25) is 4.79 Å². The molecule has 0 atom stereocenters. The first-order valence-corrected chi connectivity index (χ1v) is 4.71. The van der Waals surface area contributed by atoms with E-state index in [1.54, 1.807) is 0 Å². The molecule has 2 aromatic heterocycles. The number of pyridine rings is 1. The number of aromatic nitrogens is 3. The van der Waals surface area contributed by atoms with Crippen LogP contribution in [-0.4, -0.2) is 20.7 Å². The van der Waals surface area contributed by atoms with Crippen LogP contribution in [0.5, 0.6) is 0 Å². The summed E-state index contributed by atoms with van der Waals surface area (Å²) in [6.07, 6.45) is 1.27. The molecule has 2 rings (SSSR count). The first-order chi connectivity index (χ1) is 8.52. The van der Waals surface area contributed by atoms with Crippen molar-refractivity contribution in [3.05, 3.63) is 35.7 Å². The van der Waals surface area contributed by atoms with Gasteiger partial charge < -0.3 is 11.2 Å². The number of anilines is 1. The zero-order valence-electron chi connectivity index (χ0n) is 8.89. The van der Waals surface area contributed by atoms with Crippen molar-refractivity contribution < 1.29 is 13.6 Å². The van der Waals surface area contributed by atoms with Crippen molar-refractivity contribution >= 4 is 11.7 Å². The smallest absolute Gasteiger partial charge is 0.269 e. The maximum absolute atomic E-state index is 13.5. The van der Waals surface area contributed by atoms with E-state index in [2.05, 4.69) is 10.1 Å². The number of nitrogen functional groups attached to an aromatic ring is 1. The summed E-state index contributed by atoms with van der Waals surface area (Å²) in [4.78, 5) is 14.4. The van der Waals surface area contributed by atoms with E-state index >= 15 is 0 Å². The highest BCUT2D eigenvalue weighted by molar-refractivity contribution is 5.90. The number of primary amides is 1. The Morgan fingerprint density at radius 2 is 2.11 bits per heavy atom. The van der Waals surface area contributed by atoms with Crippen LogP contribution in [0.25, 0.3) is 5.82 Å². The molecule has 2 heterocycles. The Kier molecular flexibility index (Phi) is 2.90. The average molecular weight is 254 g/mol. The predicted molar refractivity (Wildman–Crippen MR) is 57.6 cm³/mol. The standard InChI is InChI=1S/C9H8F2N6O/c10-4-3-5(11)9(14-8(4)15-13)17-2-1-6(16-17)7(12)18/h1-3H,13H2,(H2,12,18)(H,14,15). The number of carbonyl (C=O) groups is 1. The predicted octanol–water partition coefficient (Wildman–Crippen LogP) is -0.0700. The molecular weight excluding hydrogens is 246 g/mol. The number of nitrogens with two attached hydrogens (primary N) is 2. The Hall–Kier alpha value is -2.55. The summed E-state index contributed by atoms with van der Waals surface area (Å²) < 4.78 is 27.6. The highest BCUT2D eigenvalue weighted by Crippen LogP contribution is 2.17. The molecule has 18 heavy (non-hydrogen) atoms. The molecule has 0 saturated carbocycles. The van der Waals surface area contributed by atoms with Crippen LogP contribution in [0.3, 0.4) is 0 Å². The average Bonchev–Trinajstić information content (AvgIpc) is 2.78. The molecular formula is C9H8F2N6O. The maximum Gasteiger partial charge on any atom is 0.269 e. The van der Waals surface area contributed by atoms with Crippen LogP contribution in [-0.2, 0) is 0 Å². The number of carbonyl (C=O) groups excluding carboxylic acids is 1. The minimum Gasteiger partial charge on any atom is -0.364 e. The molecule has 0 aromatic carbocycles. The van der Waals surface area contributed by atoms with Crippen LogP contribution in [0.2, 0.25) is 0 Å². The molecule has 1 amide bonds. The summed E-state index contributed by atoms with van der Waals surface area (Å²) in [6, 6.07) is 1.88. The number of amides is 1. The van der Waals surface area contributed by atoms with Crippen molar-refractivity contribution in [3.8, 4) is 5.82 Å². The quantitative estimate of drug-likeness (QED) is 0.524. The lowest BCUT2D eigenvalue weighted by Crippen LogP contribution is -2.15. The Labute approximate surface area is 99.4 Å². The molecule has 0 fully saturated rings. The van der Waals surface area contributed by atoms with Gasteiger partial charge in [0.05, 0.1) is 0 Å². The number of halogens is 2. The molecule has 0 aliphatic carbocycles. The molecule has 0 unspecified atom stereocenters. The molecule has 2 aromatic rings. The lowest BCUT2D eigenvalue weighted by molar-refractivity contribution is 0.0995. The van der Waals surface area contributed by atoms with Crippen LogP contribution in [0.15, 0.2) is 18.3 Å². The summed E-state index contributed by atoms with van der Waals surface area (Å²) in [5, 5.41) is 3.69. The number of rotatable bonds is 3. The molecule has 0 saturated heterocycles. The minimum atomic E-state index is -0.953. The lowest BCUT2D eigenvalue weighted by Gasteiger charge is -2.06. The SMILES string of the molecule is NNc1nc(-n2ccc(C(N)=O)n2)c(F)cc1F. The monoisotopic (exact) mass is 254 g/mol. The number of hydrogen-bond donors (Lipinski definition) is 3. The van der Waals surface area contributed by atoms with Crippen molar-refractivity contribution in [2.75, 3.05) is 5.43 Å². The second-order valence-corrected chi connectivity index (χ2v) is 3.28. The largest absolute Gasteiger partial charge is 0.364 e. The van der Waals surface area contributed by atoms with Gasteiger partial charge in [0.1, 0.15) is 5.69 Å². The Morgan fingerprint density at radius 1 is 1.39 bits per heavy atom. The molecule has 0 spiro atoms. The zero-order valence-corrected chi connectivity index (χ0v) is 8.89. The second kappa shape index (κ2) is 4.37. The van der Waals surface area contributed by atoms with Gasteiger partial charge in [-0.15, -0.1) is 0 Å². The minimum absolute atomic E-state index is 0.0669. The van der Waals surface area contributed by atoms with Crippen LogP contribution in [0, 0.1) is 11.6 Å². The van der Waals surface area contributed by atoms with Crippen molar-refractivity contribution in [3.63, 3.8) is 0 Å². The Balaban J connectivity index is 2.52. The third-order valence-corrected chi connectivity index (χ3v) is 2.11. The van der Waals surface area contributed by atoms with Gasteiger partial charge in [0.2, 0.25) is 0 Å². The van der Waals surface area contributed by atoms with Crippen LogP contribution in [0.1, 0.15) is 10.5 Å². The molecule has 5 N–H and O–H groups in total. The normalized spacial score (nSPS) is 10.4. The van der Waals surface area contributed by atoms with Gasteiger partial charge >= 0.3 is 0 Å². The fourth-order valence-corrected chi connectivity index (χ4v) is 1.29. The van der Waals surface area contributed by atoms with Crippen LogP contribution < -0.4 is 17.0 Å². The molecule has 0 aliphatic rings. The topological polar surface area (TPSA) is 112 Å². The van der Waals surface area contributed by atoms with Crippen molar-refractivity contribution in [1.82, 2.24) is 14.8 Å². The Bertz CT molecular complexity index is 611. The van der Waals surface area contributed by atoms with E-state index in [1.807, 2.05) is 5.43 Å². The van der Waals surface area contributed by atoms with E-state index in [0.29, 0.717) is 6.07 Å². The fraction of sp³-hybridized carbons (Fsp3) is 0. The van der Waals surface area contributed by atoms with Gasteiger partial charge in [-0.25, -0.2) is 24.3 Å². The fourth-order valence-electron chi connectivity index (χ4n) is 1.29. The van der Waals surface area contributed by atoms with E-state index in [4.69, 9.17) is 11.6 Å². The number of hydrogen-bond acceptors (Lipinski definition) is 5. The highest BCUT2D eigenvalue weighted by Gasteiger charge is 2.14. The van der Waals surface area contributed by atoms with Gasteiger partial charge in [0.15, 0.2) is 23.3 Å². The number of hydrazine groups is 1. The van der Waals surface area contributed by atoms with E-state index < -0.39 is 17.5 Å². The van der Waals surface area contributed by atoms with Gasteiger partial charge in [0, 0.05) is 12.3 Å². The number of nitrogens with one attached hydrogen (secondary N) is 1. The van der Waals surface area contributed by atoms with Crippen molar-refractivity contribution in [2.24, 2.45) is 11.6 Å². The van der Waals surface area contributed by atoms with E-state index in [-0.39, 0.29) is 17.3 Å². The summed E-state index contributed by atoms with van der Waals surface area (Å²) in [6.45, 7) is 0. The van der Waals surface area contributed by atoms with Gasteiger partial charge in [0.25, 0.3) is 5.91 Å². The second-order valence-electron chi connectivity index (χ2n) is 3.28. The summed E-state index contributed by atoms with van der Waals surface area (Å²) in [5.74, 6) is 1.70. The molecule has 9 heteroatoms. The van der Waals surface area contributed by atoms with Gasteiger partial charge in [-0.1, -0.05) is 0 Å². The van der Waals surface area contributed by atoms with Gasteiger partial charge in [-0.2, -0.15) is 5.10 Å². The molecule has 94 valence electrons. The third kappa shape index (κ3) is 1.98. The molecule has 0 aliphatic heterocycles. The van der Waals surface area contributed by atoms with Crippen LogP contribution in [0.4, 0.5) is 14.6 Å². The zero-order chi connectivity index (χ0) is 13.3. The third-order valence-electron chi connectivity index (χ3n) is 2.11. The molecule has 0 bridgehead atoms.